The van der Waals surface area contributed by atoms with Crippen molar-refractivity contribution in [3.05, 3.63) is 112 Å². The zero-order chi connectivity index (χ0) is 49.8. The van der Waals surface area contributed by atoms with Crippen LogP contribution in [-0.4, -0.2) is 152 Å². The van der Waals surface area contributed by atoms with Gasteiger partial charge in [0.2, 0.25) is 11.8 Å². The number of urea groups is 1. The number of ketones is 1. The first-order chi connectivity index (χ1) is 33.7. The Hall–Kier alpha value is -6.49. The molecule has 3 aliphatic heterocycles. The first-order valence-corrected chi connectivity index (χ1v) is 23.4. The molecule has 71 heavy (non-hydrogen) atoms. The van der Waals surface area contributed by atoms with Gasteiger partial charge in [-0.1, -0.05) is 48.5 Å². The maximum atomic E-state index is 13.7. The number of carbonyl (C=O) groups excluding carboxylic acids is 7. The zero-order valence-corrected chi connectivity index (χ0v) is 41.5. The summed E-state index contributed by atoms with van der Waals surface area (Å²) in [4.78, 5) is 94.8. The fraction of sp³-hybridized carbons (Fsp3) is 0.440. The van der Waals surface area contributed by atoms with Crippen molar-refractivity contribution in [1.82, 2.24) is 35.5 Å². The number of ether oxygens (including phenoxy) is 4. The van der Waals surface area contributed by atoms with Crippen molar-refractivity contribution in [3.63, 3.8) is 0 Å². The Morgan fingerprint density at radius 3 is 2.13 bits per heavy atom. The van der Waals surface area contributed by atoms with E-state index < -0.39 is 35.2 Å². The van der Waals surface area contributed by atoms with E-state index >= 15 is 0 Å². The van der Waals surface area contributed by atoms with E-state index in [2.05, 4.69) is 31.5 Å². The van der Waals surface area contributed by atoms with E-state index in [0.717, 1.165) is 21.7 Å². The predicted octanol–water partition coefficient (Wildman–Crippen LogP) is 4.38. The first-order valence-electron chi connectivity index (χ1n) is 23.4. The summed E-state index contributed by atoms with van der Waals surface area (Å²) in [5.74, 6) is -2.34. The number of carbonyl (C=O) groups is 7. The summed E-state index contributed by atoms with van der Waals surface area (Å²) in [5.41, 5.74) is 3.46. The minimum Gasteiger partial charge on any atom is -0.382 e. The molecule has 4 heterocycles. The summed E-state index contributed by atoms with van der Waals surface area (Å²) in [7, 11) is 3.92. The highest BCUT2D eigenvalue weighted by molar-refractivity contribution is 7.59. The number of nitrogens with zero attached hydrogens (tertiary/aromatic N) is 4. The van der Waals surface area contributed by atoms with Gasteiger partial charge in [0.05, 0.1) is 81.2 Å². The van der Waals surface area contributed by atoms with Gasteiger partial charge in [0.1, 0.15) is 6.04 Å². The van der Waals surface area contributed by atoms with E-state index in [4.69, 9.17) is 18.9 Å². The summed E-state index contributed by atoms with van der Waals surface area (Å²) < 4.78 is 22.4. The fourth-order valence-electron chi connectivity index (χ4n) is 8.61. The van der Waals surface area contributed by atoms with Crippen LogP contribution in [0.15, 0.2) is 72.8 Å². The van der Waals surface area contributed by atoms with Gasteiger partial charge >= 0.3 is 6.03 Å². The molecule has 5 N–H and O–H groups in total. The number of benzene rings is 3. The van der Waals surface area contributed by atoms with E-state index in [9.17, 15) is 33.6 Å². The molecule has 2 atom stereocenters. The Morgan fingerprint density at radius 2 is 1.46 bits per heavy atom. The molecule has 0 radical (unpaired) electrons. The number of nitrogens with one attached hydrogen (secondary N) is 5. The van der Waals surface area contributed by atoms with Crippen LogP contribution < -0.4 is 21.3 Å². The molecule has 7 amide bonds. The second kappa shape index (κ2) is 25.1. The van der Waals surface area contributed by atoms with Crippen molar-refractivity contribution in [1.29, 1.82) is 0 Å². The van der Waals surface area contributed by atoms with Gasteiger partial charge in [-0.2, -0.15) is 18.6 Å². The van der Waals surface area contributed by atoms with E-state index in [0.29, 0.717) is 95.0 Å². The number of aromatic nitrogens is 2. The Kier molecular flexibility index (Phi) is 19.0. The molecule has 0 bridgehead atoms. The van der Waals surface area contributed by atoms with Gasteiger partial charge in [-0.3, -0.25) is 44.1 Å². The van der Waals surface area contributed by atoms with Gasteiger partial charge in [-0.15, -0.1) is 0 Å². The number of piperidine rings is 1. The van der Waals surface area contributed by atoms with Gasteiger partial charge in [0.15, 0.2) is 11.6 Å². The highest BCUT2D eigenvalue weighted by Crippen LogP contribution is 2.41. The lowest BCUT2D eigenvalue weighted by molar-refractivity contribution is -0.136. The van der Waals surface area contributed by atoms with E-state index in [1.165, 1.54) is 0 Å². The third kappa shape index (κ3) is 13.3. The van der Waals surface area contributed by atoms with Crippen LogP contribution in [0.4, 0.5) is 16.3 Å². The number of H-pyrrole nitrogens is 1. The normalized spacial score (nSPS) is 16.3. The lowest BCUT2D eigenvalue weighted by atomic mass is 10.0. The largest absolute Gasteiger partial charge is 0.382 e. The summed E-state index contributed by atoms with van der Waals surface area (Å²) in [5, 5.41) is 18.8. The quantitative estimate of drug-likeness (QED) is 0.0352. The van der Waals surface area contributed by atoms with Crippen LogP contribution in [0.5, 0.6) is 0 Å². The molecule has 0 spiro atoms. The first kappa shape index (κ1) is 53.9. The van der Waals surface area contributed by atoms with E-state index in [1.54, 1.807) is 47.4 Å². The van der Waals surface area contributed by atoms with Crippen molar-refractivity contribution in [2.24, 2.45) is 0 Å². The molecule has 20 nitrogen and oxygen atoms in total. The summed E-state index contributed by atoms with van der Waals surface area (Å²) in [6, 6.07) is 19.7. The standard InChI is InChI=1S/C50H61N9O11.H2S/c1-50(2)43-36(30-58(50)49(66)52-38(31-57(3)4)32-10-6-5-7-11-32)44(56-55-43)54-45(62)34-17-15-33(16-18-34)40(60)14-9-22-67-24-26-69-28-29-70-27-25-68-23-21-51-37-13-8-12-35-42(37)48(65)59(47(35)64)39-19-20-41(61)53-46(39)63;/h5-8,10-13,15-18,38-39,51H,9,14,19-31H2,1-4H3,(H,52,66)(H,53,61,63)(H2,54,55,56,62);1H2/t38-,39?;/m1./s1. The number of likely N-dealkylation sites (N-methyl/N-ethyl adjacent to an activating group) is 1. The smallest absolute Gasteiger partial charge is 0.319 e. The second-order valence-corrected chi connectivity index (χ2v) is 17.9. The van der Waals surface area contributed by atoms with Crippen LogP contribution in [-0.2, 0) is 40.6 Å². The molecular weight excluding hydrogens is 935 g/mol. The van der Waals surface area contributed by atoms with Gasteiger partial charge in [0, 0.05) is 54.9 Å². The zero-order valence-electron chi connectivity index (χ0n) is 40.5. The topological polar surface area (TPSA) is 243 Å². The number of amides is 7. The molecule has 380 valence electrons. The molecule has 1 aromatic heterocycles. The van der Waals surface area contributed by atoms with E-state index in [-0.39, 0.29) is 74.2 Å². The molecule has 3 aliphatic rings. The van der Waals surface area contributed by atoms with Crippen LogP contribution in [0.2, 0.25) is 0 Å². The minimum atomic E-state index is -1.03. The molecular formula is C50H63N9O11S. The Labute approximate surface area is 419 Å². The number of hydrogen-bond acceptors (Lipinski definition) is 14. The molecule has 3 aromatic carbocycles. The molecule has 4 aromatic rings. The van der Waals surface area contributed by atoms with Crippen LogP contribution in [0.1, 0.15) is 104 Å². The maximum absolute atomic E-state index is 13.7. The Bertz CT molecular complexity index is 2540. The SMILES string of the molecule is CN(C)C[C@@H](NC(=O)N1Cc2c(NC(=O)c3ccc(C(=O)CCCOCCOCCOCCOCCNc4cccc5c4C(=O)N(C4CCC(=O)NC4=O)C5=O)cc3)n[nH]c2C1(C)C)c1ccccc1.S. The molecule has 1 fully saturated rings. The molecule has 0 aliphatic carbocycles. The number of hydrogen-bond donors (Lipinski definition) is 5. The molecule has 1 unspecified atom stereocenters. The third-order valence-electron chi connectivity index (χ3n) is 12.3. The number of aromatic amines is 1. The van der Waals surface area contributed by atoms with Gasteiger partial charge in [-0.05, 0) is 70.6 Å². The van der Waals surface area contributed by atoms with Crippen LogP contribution in [0.25, 0.3) is 0 Å². The van der Waals surface area contributed by atoms with E-state index in [1.807, 2.05) is 63.2 Å². The average molecular weight is 998 g/mol. The fourth-order valence-corrected chi connectivity index (χ4v) is 8.61. The third-order valence-corrected chi connectivity index (χ3v) is 12.3. The highest BCUT2D eigenvalue weighted by Gasteiger charge is 2.46. The summed E-state index contributed by atoms with van der Waals surface area (Å²) in [6.45, 7) is 7.93. The summed E-state index contributed by atoms with van der Waals surface area (Å²) in [6.07, 6.45) is 0.934. The van der Waals surface area contributed by atoms with Crippen molar-refractivity contribution in [3.8, 4) is 0 Å². The minimum absolute atomic E-state index is 0. The number of anilines is 2. The Balaban J connectivity index is 0.00000825. The van der Waals surface area contributed by atoms with Crippen molar-refractivity contribution in [2.75, 3.05) is 90.7 Å². The Morgan fingerprint density at radius 1 is 0.817 bits per heavy atom. The van der Waals surface area contributed by atoms with Crippen LogP contribution >= 0.6 is 13.5 Å². The predicted molar refractivity (Wildman–Crippen MR) is 267 cm³/mol. The van der Waals surface area contributed by atoms with Crippen LogP contribution in [0.3, 0.4) is 0 Å². The van der Waals surface area contributed by atoms with Gasteiger partial charge in [0.25, 0.3) is 17.7 Å². The monoisotopic (exact) mass is 997 g/mol. The average Bonchev–Trinajstić information content (AvgIpc) is 3.96. The number of imide groups is 2. The number of Topliss-reactive ketones (excluding diaryl/α,β-unsaturated/α-hetero) is 1. The van der Waals surface area contributed by atoms with Gasteiger partial charge < -0.3 is 44.7 Å². The molecule has 0 saturated carbocycles. The molecule has 1 saturated heterocycles. The van der Waals surface area contributed by atoms with Gasteiger partial charge in [-0.25, -0.2) is 4.79 Å². The number of fused-ring (bicyclic) bond motifs is 2. The lowest BCUT2D eigenvalue weighted by Crippen LogP contribution is -2.54. The lowest BCUT2D eigenvalue weighted by Gasteiger charge is -2.34. The second-order valence-electron chi connectivity index (χ2n) is 17.9. The van der Waals surface area contributed by atoms with Crippen molar-refractivity contribution >= 4 is 66.4 Å². The summed E-state index contributed by atoms with van der Waals surface area (Å²) >= 11 is 0. The maximum Gasteiger partial charge on any atom is 0.319 e. The van der Waals surface area contributed by atoms with Crippen LogP contribution in [0, 0.1) is 0 Å². The van der Waals surface area contributed by atoms with Crippen molar-refractivity contribution < 1.29 is 52.5 Å². The molecule has 21 heteroatoms. The molecule has 7 rings (SSSR count). The highest BCUT2D eigenvalue weighted by atomic mass is 32.1. The van der Waals surface area contributed by atoms with Crippen molar-refractivity contribution in [2.45, 2.75) is 63.7 Å². The number of rotatable bonds is 25.